The molecule has 1 aliphatic rings. The van der Waals surface area contributed by atoms with E-state index < -0.39 is 0 Å². The van der Waals surface area contributed by atoms with Gasteiger partial charge in [0.25, 0.3) is 0 Å². The first-order valence-electron chi connectivity index (χ1n) is 7.39. The van der Waals surface area contributed by atoms with E-state index in [9.17, 15) is 0 Å². The van der Waals surface area contributed by atoms with Crippen LogP contribution in [0.3, 0.4) is 0 Å². The van der Waals surface area contributed by atoms with Crippen LogP contribution in [0, 0.1) is 0 Å². The first-order valence-corrected chi connectivity index (χ1v) is 8.17. The molecule has 1 aromatic carbocycles. The van der Waals surface area contributed by atoms with Gasteiger partial charge < -0.3 is 10.6 Å². The third kappa shape index (κ3) is 3.18. The smallest absolute Gasteiger partial charge is 0.205 e. The monoisotopic (exact) mass is 302 g/mol. The minimum absolute atomic E-state index is 0.00422. The number of hydrogen-bond donors (Lipinski definition) is 1. The van der Waals surface area contributed by atoms with E-state index >= 15 is 0 Å². The normalized spacial score (nSPS) is 15.2. The van der Waals surface area contributed by atoms with E-state index in [1.165, 1.54) is 24.4 Å². The van der Waals surface area contributed by atoms with E-state index in [1.54, 1.807) is 0 Å². The van der Waals surface area contributed by atoms with Gasteiger partial charge in [-0.05, 0) is 24.5 Å². The molecule has 21 heavy (non-hydrogen) atoms. The van der Waals surface area contributed by atoms with E-state index in [4.69, 9.17) is 10.7 Å². The van der Waals surface area contributed by atoms with Crippen LogP contribution in [0.1, 0.15) is 45.0 Å². The van der Waals surface area contributed by atoms with Crippen molar-refractivity contribution in [2.24, 2.45) is 0 Å². The first kappa shape index (κ1) is 14.3. The number of anilines is 2. The fourth-order valence-corrected chi connectivity index (χ4v) is 3.17. The van der Waals surface area contributed by atoms with Gasteiger partial charge in [0.2, 0.25) is 5.13 Å². The maximum atomic E-state index is 6.08. The molecule has 0 bridgehead atoms. The minimum atomic E-state index is -0.00422. The Morgan fingerprint density at radius 3 is 2.57 bits per heavy atom. The van der Waals surface area contributed by atoms with Crippen molar-refractivity contribution in [2.75, 3.05) is 10.6 Å². The molecule has 0 unspecified atom stereocenters. The Morgan fingerprint density at radius 2 is 2.00 bits per heavy atom. The Labute approximate surface area is 130 Å². The maximum Gasteiger partial charge on any atom is 0.205 e. The van der Waals surface area contributed by atoms with Crippen LogP contribution in [0.15, 0.2) is 24.3 Å². The highest BCUT2D eigenvalue weighted by Crippen LogP contribution is 2.35. The number of nitrogen functional groups attached to an aromatic ring is 1. The average Bonchev–Trinajstić information content (AvgIpc) is 3.12. The molecule has 0 radical (unpaired) electrons. The zero-order valence-corrected chi connectivity index (χ0v) is 13.7. The number of nitrogens with two attached hydrogens (primary N) is 1. The topological polar surface area (TPSA) is 55.0 Å². The average molecular weight is 302 g/mol. The molecule has 0 saturated heterocycles. The molecule has 3 rings (SSSR count). The molecule has 1 fully saturated rings. The molecule has 1 aromatic heterocycles. The minimum Gasteiger partial charge on any atom is -0.398 e. The van der Waals surface area contributed by atoms with Gasteiger partial charge in [-0.15, -0.1) is 0 Å². The fraction of sp³-hybridized carbons (Fsp3) is 0.500. The van der Waals surface area contributed by atoms with Crippen LogP contribution in [0.2, 0.25) is 0 Å². The number of benzene rings is 1. The summed E-state index contributed by atoms with van der Waals surface area (Å²) in [4.78, 5) is 7.12. The number of hydrogen-bond acceptors (Lipinski definition) is 5. The highest BCUT2D eigenvalue weighted by atomic mass is 32.1. The standard InChI is InChI=1S/C16H22N4S/c1-16(2,3)14-18-15(21-19-14)20(12-8-9-12)10-11-6-4-5-7-13(11)17/h4-7,12H,8-10,17H2,1-3H3. The Morgan fingerprint density at radius 1 is 1.29 bits per heavy atom. The zero-order chi connectivity index (χ0) is 15.0. The molecule has 0 amide bonds. The molecular weight excluding hydrogens is 280 g/mol. The Bertz CT molecular complexity index is 625. The van der Waals surface area contributed by atoms with Crippen LogP contribution in [0.25, 0.3) is 0 Å². The molecule has 1 saturated carbocycles. The molecule has 0 spiro atoms. The highest BCUT2D eigenvalue weighted by Gasteiger charge is 2.32. The molecule has 5 heteroatoms. The molecule has 2 aromatic rings. The van der Waals surface area contributed by atoms with E-state index in [0.717, 1.165) is 28.8 Å². The second-order valence-electron chi connectivity index (χ2n) is 6.71. The van der Waals surface area contributed by atoms with Crippen LogP contribution >= 0.6 is 11.5 Å². The lowest BCUT2D eigenvalue weighted by Gasteiger charge is -2.22. The van der Waals surface area contributed by atoms with Crippen molar-refractivity contribution < 1.29 is 0 Å². The molecule has 1 heterocycles. The number of para-hydroxylation sites is 1. The molecule has 4 nitrogen and oxygen atoms in total. The highest BCUT2D eigenvalue weighted by molar-refractivity contribution is 7.09. The fourth-order valence-electron chi connectivity index (χ4n) is 2.24. The van der Waals surface area contributed by atoms with Crippen LogP contribution < -0.4 is 10.6 Å². The van der Waals surface area contributed by atoms with Gasteiger partial charge >= 0.3 is 0 Å². The van der Waals surface area contributed by atoms with Crippen molar-refractivity contribution in [2.45, 2.75) is 51.6 Å². The first-order chi connectivity index (χ1) is 9.95. The third-order valence-electron chi connectivity index (χ3n) is 3.72. The SMILES string of the molecule is CC(C)(C)c1nsc(N(Cc2ccccc2N)C2CC2)n1. The second kappa shape index (κ2) is 5.30. The number of nitrogens with zero attached hydrogens (tertiary/aromatic N) is 3. The van der Waals surface area contributed by atoms with Gasteiger partial charge in [-0.3, -0.25) is 0 Å². The number of aromatic nitrogens is 2. The predicted octanol–water partition coefficient (Wildman–Crippen LogP) is 3.59. The summed E-state index contributed by atoms with van der Waals surface area (Å²) < 4.78 is 4.54. The predicted molar refractivity (Wildman–Crippen MR) is 88.7 cm³/mol. The number of rotatable bonds is 4. The lowest BCUT2D eigenvalue weighted by atomic mass is 9.96. The molecule has 2 N–H and O–H groups in total. The lowest BCUT2D eigenvalue weighted by Crippen LogP contribution is -2.25. The van der Waals surface area contributed by atoms with Gasteiger partial charge in [-0.1, -0.05) is 39.0 Å². The van der Waals surface area contributed by atoms with Gasteiger partial charge in [0, 0.05) is 35.2 Å². The molecule has 112 valence electrons. The molecular formula is C16H22N4S. The van der Waals surface area contributed by atoms with Gasteiger partial charge in [0.15, 0.2) is 0 Å². The summed E-state index contributed by atoms with van der Waals surface area (Å²) >= 11 is 1.50. The van der Waals surface area contributed by atoms with E-state index in [1.807, 2.05) is 18.2 Å². The van der Waals surface area contributed by atoms with Gasteiger partial charge in [-0.25, -0.2) is 4.98 Å². The van der Waals surface area contributed by atoms with Gasteiger partial charge in [-0.2, -0.15) is 4.37 Å². The van der Waals surface area contributed by atoms with Crippen molar-refractivity contribution in [3.63, 3.8) is 0 Å². The summed E-state index contributed by atoms with van der Waals surface area (Å²) in [5.41, 5.74) is 8.09. The van der Waals surface area contributed by atoms with Gasteiger partial charge in [0.05, 0.1) is 0 Å². The molecule has 0 aliphatic heterocycles. The second-order valence-corrected chi connectivity index (χ2v) is 7.44. The van der Waals surface area contributed by atoms with Gasteiger partial charge in [0.1, 0.15) is 5.82 Å². The summed E-state index contributed by atoms with van der Waals surface area (Å²) in [5.74, 6) is 0.925. The summed E-state index contributed by atoms with van der Waals surface area (Å²) in [6, 6.07) is 8.66. The van der Waals surface area contributed by atoms with E-state index in [2.05, 4.69) is 36.1 Å². The van der Waals surface area contributed by atoms with Crippen LogP contribution in [0.4, 0.5) is 10.8 Å². The van der Waals surface area contributed by atoms with Crippen LogP contribution in [0.5, 0.6) is 0 Å². The Kier molecular flexibility index (Phi) is 3.61. The largest absolute Gasteiger partial charge is 0.398 e. The molecule has 0 atom stereocenters. The third-order valence-corrected chi connectivity index (χ3v) is 4.47. The van der Waals surface area contributed by atoms with Crippen molar-refractivity contribution in [1.29, 1.82) is 0 Å². The summed E-state index contributed by atoms with van der Waals surface area (Å²) in [6.45, 7) is 7.26. The van der Waals surface area contributed by atoms with Crippen molar-refractivity contribution in [3.8, 4) is 0 Å². The van der Waals surface area contributed by atoms with E-state index in [-0.39, 0.29) is 5.41 Å². The molecule has 1 aliphatic carbocycles. The van der Waals surface area contributed by atoms with Crippen molar-refractivity contribution >= 4 is 22.4 Å². The Balaban J connectivity index is 1.85. The Hall–Kier alpha value is -1.62. The van der Waals surface area contributed by atoms with Crippen molar-refractivity contribution in [1.82, 2.24) is 9.36 Å². The maximum absolute atomic E-state index is 6.08. The lowest BCUT2D eigenvalue weighted by molar-refractivity contribution is 0.554. The van der Waals surface area contributed by atoms with Crippen LogP contribution in [-0.4, -0.2) is 15.4 Å². The van der Waals surface area contributed by atoms with E-state index in [0.29, 0.717) is 6.04 Å². The zero-order valence-electron chi connectivity index (χ0n) is 12.8. The van der Waals surface area contributed by atoms with Crippen LogP contribution in [-0.2, 0) is 12.0 Å². The quantitative estimate of drug-likeness (QED) is 0.877. The van der Waals surface area contributed by atoms with Crippen molar-refractivity contribution in [3.05, 3.63) is 35.7 Å². The summed E-state index contributed by atoms with van der Waals surface area (Å²) in [6.07, 6.45) is 2.47. The summed E-state index contributed by atoms with van der Waals surface area (Å²) in [7, 11) is 0. The summed E-state index contributed by atoms with van der Waals surface area (Å²) in [5, 5.41) is 1.02.